The Labute approximate surface area is 148 Å². The van der Waals surface area contributed by atoms with Crippen LogP contribution < -0.4 is 10.2 Å². The monoisotopic (exact) mass is 342 g/mol. The molecule has 0 atom stereocenters. The van der Waals surface area contributed by atoms with E-state index in [2.05, 4.69) is 10.2 Å². The fraction of sp³-hybridized carbons (Fsp3) is 0.350. The zero-order valence-corrected chi connectivity index (χ0v) is 14.6. The highest BCUT2D eigenvalue weighted by Crippen LogP contribution is 2.31. The lowest BCUT2D eigenvalue weighted by molar-refractivity contribution is -0.116. The molecule has 0 aromatic heterocycles. The highest BCUT2D eigenvalue weighted by atomic mass is 35.5. The minimum atomic E-state index is 0.0272. The second-order valence-corrected chi connectivity index (χ2v) is 6.68. The molecule has 1 N–H and O–H groups in total. The molecule has 0 saturated carbocycles. The Hall–Kier alpha value is -2.00. The number of amides is 1. The minimum absolute atomic E-state index is 0.0272. The van der Waals surface area contributed by atoms with E-state index in [0.29, 0.717) is 11.4 Å². The number of hydrogen-bond donors (Lipinski definition) is 1. The number of anilines is 2. The van der Waals surface area contributed by atoms with Crippen molar-refractivity contribution in [2.75, 3.05) is 23.3 Å². The fourth-order valence-corrected chi connectivity index (χ4v) is 3.31. The molecule has 2 aromatic rings. The lowest BCUT2D eigenvalue weighted by Gasteiger charge is -2.30. The van der Waals surface area contributed by atoms with Crippen LogP contribution in [0.3, 0.4) is 0 Å². The molecule has 0 bridgehead atoms. The molecule has 1 amide bonds. The zero-order valence-electron chi connectivity index (χ0n) is 13.8. The number of carbonyl (C=O) groups is 1. The number of halogens is 1. The summed E-state index contributed by atoms with van der Waals surface area (Å²) in [6.07, 6.45) is 4.89. The predicted molar refractivity (Wildman–Crippen MR) is 101 cm³/mol. The first-order chi connectivity index (χ1) is 11.7. The minimum Gasteiger partial charge on any atom is -0.370 e. The number of benzene rings is 2. The Morgan fingerprint density at radius 2 is 1.79 bits per heavy atom. The topological polar surface area (TPSA) is 32.3 Å². The van der Waals surface area contributed by atoms with E-state index < -0.39 is 0 Å². The van der Waals surface area contributed by atoms with E-state index in [-0.39, 0.29) is 5.91 Å². The van der Waals surface area contributed by atoms with Crippen molar-refractivity contribution in [3.8, 4) is 0 Å². The molecule has 1 saturated heterocycles. The number of piperidine rings is 1. The summed E-state index contributed by atoms with van der Waals surface area (Å²) in [5, 5.41) is 3.70. The molecule has 24 heavy (non-hydrogen) atoms. The maximum atomic E-state index is 12.4. The highest BCUT2D eigenvalue weighted by molar-refractivity contribution is 6.31. The van der Waals surface area contributed by atoms with E-state index in [4.69, 9.17) is 11.6 Å². The molecule has 0 radical (unpaired) electrons. The second kappa shape index (κ2) is 8.20. The van der Waals surface area contributed by atoms with Crippen LogP contribution in [0, 0.1) is 0 Å². The summed E-state index contributed by atoms with van der Waals surface area (Å²) in [6.45, 7) is 2.07. The van der Waals surface area contributed by atoms with Gasteiger partial charge in [-0.25, -0.2) is 0 Å². The van der Waals surface area contributed by atoms with Crippen LogP contribution in [0.4, 0.5) is 11.4 Å². The van der Waals surface area contributed by atoms with E-state index in [1.807, 2.05) is 48.5 Å². The van der Waals surface area contributed by atoms with Crippen LogP contribution in [0.2, 0.25) is 5.02 Å². The van der Waals surface area contributed by atoms with Crippen molar-refractivity contribution in [1.82, 2.24) is 0 Å². The summed E-state index contributed by atoms with van der Waals surface area (Å²) in [7, 11) is 0. The van der Waals surface area contributed by atoms with Gasteiger partial charge < -0.3 is 10.2 Å². The molecule has 1 fully saturated rings. The standard InChI is InChI=1S/C20H23ClN2O/c21-17-10-11-19(23-13-5-2-6-14-23)18(15-17)22-20(24)12-9-16-7-3-1-4-8-16/h1,3-4,7-8,10-11,15H,2,5-6,9,12-14H2,(H,22,24). The smallest absolute Gasteiger partial charge is 0.224 e. The van der Waals surface area contributed by atoms with E-state index in [1.54, 1.807) is 0 Å². The van der Waals surface area contributed by atoms with Gasteiger partial charge in [0.25, 0.3) is 0 Å². The zero-order chi connectivity index (χ0) is 16.8. The molecule has 0 aliphatic carbocycles. The normalized spacial score (nSPS) is 14.5. The van der Waals surface area contributed by atoms with Crippen LogP contribution in [0.25, 0.3) is 0 Å². The first-order valence-corrected chi connectivity index (χ1v) is 8.98. The summed E-state index contributed by atoms with van der Waals surface area (Å²) in [5.74, 6) is 0.0272. The van der Waals surface area contributed by atoms with Crippen molar-refractivity contribution >= 4 is 28.9 Å². The number of hydrogen-bond acceptors (Lipinski definition) is 2. The van der Waals surface area contributed by atoms with Gasteiger partial charge in [0.15, 0.2) is 0 Å². The summed E-state index contributed by atoms with van der Waals surface area (Å²) < 4.78 is 0. The van der Waals surface area contributed by atoms with Crippen molar-refractivity contribution in [3.63, 3.8) is 0 Å². The van der Waals surface area contributed by atoms with Gasteiger partial charge in [0.2, 0.25) is 5.91 Å². The van der Waals surface area contributed by atoms with Crippen molar-refractivity contribution in [2.45, 2.75) is 32.1 Å². The van der Waals surface area contributed by atoms with Crippen LogP contribution in [0.1, 0.15) is 31.2 Å². The number of nitrogens with zero attached hydrogens (tertiary/aromatic N) is 1. The van der Waals surface area contributed by atoms with Crippen LogP contribution >= 0.6 is 11.6 Å². The van der Waals surface area contributed by atoms with Gasteiger partial charge in [-0.15, -0.1) is 0 Å². The van der Waals surface area contributed by atoms with E-state index >= 15 is 0 Å². The van der Waals surface area contributed by atoms with Crippen LogP contribution in [-0.2, 0) is 11.2 Å². The molecule has 3 rings (SSSR count). The maximum absolute atomic E-state index is 12.4. The molecule has 4 heteroatoms. The average Bonchev–Trinajstić information content (AvgIpc) is 2.62. The lowest BCUT2D eigenvalue weighted by atomic mass is 10.1. The van der Waals surface area contributed by atoms with E-state index in [0.717, 1.165) is 30.9 Å². The van der Waals surface area contributed by atoms with E-state index in [1.165, 1.54) is 24.8 Å². The van der Waals surface area contributed by atoms with Crippen LogP contribution in [0.5, 0.6) is 0 Å². The molecule has 0 unspecified atom stereocenters. The average molecular weight is 343 g/mol. The van der Waals surface area contributed by atoms with Gasteiger partial charge in [-0.2, -0.15) is 0 Å². The third-order valence-corrected chi connectivity index (χ3v) is 4.65. The van der Waals surface area contributed by atoms with Crippen LogP contribution in [-0.4, -0.2) is 19.0 Å². The largest absolute Gasteiger partial charge is 0.370 e. The Morgan fingerprint density at radius 3 is 2.54 bits per heavy atom. The quantitative estimate of drug-likeness (QED) is 0.838. The van der Waals surface area contributed by atoms with Crippen molar-refractivity contribution in [3.05, 3.63) is 59.1 Å². The molecule has 2 aromatic carbocycles. The first kappa shape index (κ1) is 16.8. The van der Waals surface area contributed by atoms with Crippen molar-refractivity contribution < 1.29 is 4.79 Å². The molecule has 0 spiro atoms. The van der Waals surface area contributed by atoms with Crippen LogP contribution in [0.15, 0.2) is 48.5 Å². The molecular formula is C20H23ClN2O. The Morgan fingerprint density at radius 1 is 1.04 bits per heavy atom. The van der Waals surface area contributed by atoms with E-state index in [9.17, 15) is 4.79 Å². The Bertz CT molecular complexity index is 681. The summed E-state index contributed by atoms with van der Waals surface area (Å²) >= 11 is 6.14. The summed E-state index contributed by atoms with van der Waals surface area (Å²) in [5.41, 5.74) is 3.07. The number of aryl methyl sites for hydroxylation is 1. The molecule has 1 heterocycles. The second-order valence-electron chi connectivity index (χ2n) is 6.24. The Kier molecular flexibility index (Phi) is 5.76. The molecule has 126 valence electrons. The lowest BCUT2D eigenvalue weighted by Crippen LogP contribution is -2.30. The van der Waals surface area contributed by atoms with Crippen molar-refractivity contribution in [2.24, 2.45) is 0 Å². The van der Waals surface area contributed by atoms with Gasteiger partial charge in [-0.1, -0.05) is 41.9 Å². The van der Waals surface area contributed by atoms with Gasteiger partial charge in [0, 0.05) is 24.5 Å². The molecule has 3 nitrogen and oxygen atoms in total. The molecule has 1 aliphatic rings. The Balaban J connectivity index is 1.66. The number of rotatable bonds is 5. The summed E-state index contributed by atoms with van der Waals surface area (Å²) in [6, 6.07) is 15.8. The van der Waals surface area contributed by atoms with Gasteiger partial charge in [0.05, 0.1) is 11.4 Å². The van der Waals surface area contributed by atoms with Crippen molar-refractivity contribution in [1.29, 1.82) is 0 Å². The predicted octanol–water partition coefficient (Wildman–Crippen LogP) is 4.90. The highest BCUT2D eigenvalue weighted by Gasteiger charge is 2.16. The first-order valence-electron chi connectivity index (χ1n) is 8.60. The van der Waals surface area contributed by atoms with Gasteiger partial charge in [-0.05, 0) is 49.4 Å². The third kappa shape index (κ3) is 4.51. The number of carbonyl (C=O) groups excluding carboxylic acids is 1. The summed E-state index contributed by atoms with van der Waals surface area (Å²) in [4.78, 5) is 14.7. The van der Waals surface area contributed by atoms with Gasteiger partial charge in [-0.3, -0.25) is 4.79 Å². The SMILES string of the molecule is O=C(CCc1ccccc1)Nc1cc(Cl)ccc1N1CCCCC1. The molecule has 1 aliphatic heterocycles. The maximum Gasteiger partial charge on any atom is 0.224 e. The molecular weight excluding hydrogens is 320 g/mol. The third-order valence-electron chi connectivity index (χ3n) is 4.41. The van der Waals surface area contributed by atoms with Gasteiger partial charge in [0.1, 0.15) is 0 Å². The fourth-order valence-electron chi connectivity index (χ4n) is 3.13. The number of nitrogens with one attached hydrogen (secondary N) is 1. The van der Waals surface area contributed by atoms with Gasteiger partial charge >= 0.3 is 0 Å².